The van der Waals surface area contributed by atoms with Gasteiger partial charge in [0.1, 0.15) is 11.6 Å². The Bertz CT molecular complexity index is 587. The van der Waals surface area contributed by atoms with Gasteiger partial charge in [-0.3, -0.25) is 4.79 Å². The number of halogens is 1. The molecular weight excluding hydrogens is 285 g/mol. The molecule has 2 rings (SSSR count). The van der Waals surface area contributed by atoms with Gasteiger partial charge in [-0.1, -0.05) is 30.3 Å². The highest BCUT2D eigenvalue weighted by Crippen LogP contribution is 2.15. The van der Waals surface area contributed by atoms with Crippen molar-refractivity contribution in [3.63, 3.8) is 0 Å². The van der Waals surface area contributed by atoms with Crippen LogP contribution in [0.25, 0.3) is 0 Å². The standard InChI is InChI=1S/C17H18FNO3/c1-21-16(13-5-3-2-4-6-13)11-19-17(20)12-22-15-9-7-14(18)8-10-15/h2-10,16H,11-12H2,1H3,(H,19,20). The number of amides is 1. The van der Waals surface area contributed by atoms with Crippen LogP contribution >= 0.6 is 0 Å². The minimum Gasteiger partial charge on any atom is -0.484 e. The SMILES string of the molecule is COC(CNC(=O)COc1ccc(F)cc1)c1ccccc1. The van der Waals surface area contributed by atoms with Crippen molar-refractivity contribution < 1.29 is 18.7 Å². The van der Waals surface area contributed by atoms with Gasteiger partial charge in [0.15, 0.2) is 6.61 Å². The van der Waals surface area contributed by atoms with E-state index in [0.29, 0.717) is 12.3 Å². The molecule has 0 fully saturated rings. The summed E-state index contributed by atoms with van der Waals surface area (Å²) in [5, 5.41) is 2.75. The van der Waals surface area contributed by atoms with Gasteiger partial charge in [0, 0.05) is 13.7 Å². The summed E-state index contributed by atoms with van der Waals surface area (Å²) in [4.78, 5) is 11.8. The van der Waals surface area contributed by atoms with Gasteiger partial charge in [-0.25, -0.2) is 4.39 Å². The minimum atomic E-state index is -0.345. The first-order valence-corrected chi connectivity index (χ1v) is 6.92. The molecule has 0 aliphatic heterocycles. The van der Waals surface area contributed by atoms with Gasteiger partial charge in [0.25, 0.3) is 5.91 Å². The molecule has 0 radical (unpaired) electrons. The van der Waals surface area contributed by atoms with Crippen LogP contribution in [0, 0.1) is 5.82 Å². The average Bonchev–Trinajstić information content (AvgIpc) is 2.56. The van der Waals surface area contributed by atoms with E-state index in [1.807, 2.05) is 30.3 Å². The highest BCUT2D eigenvalue weighted by molar-refractivity contribution is 5.77. The van der Waals surface area contributed by atoms with Gasteiger partial charge in [-0.15, -0.1) is 0 Å². The third-order valence-electron chi connectivity index (χ3n) is 3.12. The van der Waals surface area contributed by atoms with Crippen LogP contribution in [0.5, 0.6) is 5.75 Å². The first-order chi connectivity index (χ1) is 10.7. The Hall–Kier alpha value is -2.40. The molecular formula is C17H18FNO3. The van der Waals surface area contributed by atoms with Crippen molar-refractivity contribution in [2.75, 3.05) is 20.3 Å². The van der Waals surface area contributed by atoms with Gasteiger partial charge >= 0.3 is 0 Å². The molecule has 0 heterocycles. The Morgan fingerprint density at radius 3 is 2.45 bits per heavy atom. The summed E-state index contributed by atoms with van der Waals surface area (Å²) in [6.07, 6.45) is -0.212. The zero-order chi connectivity index (χ0) is 15.8. The molecule has 2 aromatic carbocycles. The molecule has 1 amide bonds. The van der Waals surface area contributed by atoms with Gasteiger partial charge < -0.3 is 14.8 Å². The van der Waals surface area contributed by atoms with E-state index in [1.165, 1.54) is 24.3 Å². The number of nitrogens with one attached hydrogen (secondary N) is 1. The van der Waals surface area contributed by atoms with Crippen LogP contribution in [0.1, 0.15) is 11.7 Å². The third-order valence-corrected chi connectivity index (χ3v) is 3.12. The van der Waals surface area contributed by atoms with E-state index in [4.69, 9.17) is 9.47 Å². The number of hydrogen-bond donors (Lipinski definition) is 1. The van der Waals surface area contributed by atoms with E-state index in [0.717, 1.165) is 5.56 Å². The molecule has 1 atom stereocenters. The Kier molecular flexibility index (Phi) is 5.91. The smallest absolute Gasteiger partial charge is 0.258 e. The molecule has 0 saturated carbocycles. The zero-order valence-electron chi connectivity index (χ0n) is 12.3. The average molecular weight is 303 g/mol. The molecule has 116 valence electrons. The molecule has 5 heteroatoms. The van der Waals surface area contributed by atoms with Crippen molar-refractivity contribution in [1.29, 1.82) is 0 Å². The van der Waals surface area contributed by atoms with Gasteiger partial charge in [-0.2, -0.15) is 0 Å². The van der Waals surface area contributed by atoms with Crippen LogP contribution in [0.3, 0.4) is 0 Å². The second-order valence-electron chi connectivity index (χ2n) is 4.68. The molecule has 0 bridgehead atoms. The number of ether oxygens (including phenoxy) is 2. The van der Waals surface area contributed by atoms with E-state index in [-0.39, 0.29) is 24.4 Å². The van der Waals surface area contributed by atoms with E-state index in [1.54, 1.807) is 7.11 Å². The number of carbonyl (C=O) groups is 1. The van der Waals surface area contributed by atoms with E-state index in [2.05, 4.69) is 5.32 Å². The molecule has 22 heavy (non-hydrogen) atoms. The maximum atomic E-state index is 12.7. The lowest BCUT2D eigenvalue weighted by molar-refractivity contribution is -0.123. The summed E-state index contributed by atoms with van der Waals surface area (Å²) < 4.78 is 23.4. The van der Waals surface area contributed by atoms with E-state index < -0.39 is 0 Å². The van der Waals surface area contributed by atoms with Crippen LogP contribution in [0.4, 0.5) is 4.39 Å². The van der Waals surface area contributed by atoms with Crippen molar-refractivity contribution in [1.82, 2.24) is 5.32 Å². The number of methoxy groups -OCH3 is 1. The number of rotatable bonds is 7. The Morgan fingerprint density at radius 2 is 1.82 bits per heavy atom. The maximum Gasteiger partial charge on any atom is 0.258 e. The summed E-state index contributed by atoms with van der Waals surface area (Å²) in [5.41, 5.74) is 0.991. The fraction of sp³-hybridized carbons (Fsp3) is 0.235. The lowest BCUT2D eigenvalue weighted by atomic mass is 10.1. The molecule has 4 nitrogen and oxygen atoms in total. The summed E-state index contributed by atoms with van der Waals surface area (Å²) >= 11 is 0. The second-order valence-corrected chi connectivity index (χ2v) is 4.68. The topological polar surface area (TPSA) is 47.6 Å². The lowest BCUT2D eigenvalue weighted by Gasteiger charge is -2.16. The van der Waals surface area contributed by atoms with Crippen LogP contribution < -0.4 is 10.1 Å². The fourth-order valence-corrected chi connectivity index (χ4v) is 1.94. The van der Waals surface area contributed by atoms with Crippen LogP contribution in [-0.2, 0) is 9.53 Å². The highest BCUT2D eigenvalue weighted by Gasteiger charge is 2.11. The molecule has 0 aliphatic rings. The fourth-order valence-electron chi connectivity index (χ4n) is 1.94. The highest BCUT2D eigenvalue weighted by atomic mass is 19.1. The predicted molar refractivity (Wildman–Crippen MR) is 81.1 cm³/mol. The summed E-state index contributed by atoms with van der Waals surface area (Å²) in [7, 11) is 1.60. The Morgan fingerprint density at radius 1 is 1.14 bits per heavy atom. The third kappa shape index (κ3) is 4.86. The van der Waals surface area contributed by atoms with Crippen molar-refractivity contribution >= 4 is 5.91 Å². The number of carbonyl (C=O) groups excluding carboxylic acids is 1. The minimum absolute atomic E-state index is 0.128. The summed E-state index contributed by atoms with van der Waals surface area (Å²) in [6.45, 7) is 0.225. The van der Waals surface area contributed by atoms with Crippen molar-refractivity contribution in [2.24, 2.45) is 0 Å². The van der Waals surface area contributed by atoms with E-state index in [9.17, 15) is 9.18 Å². The van der Waals surface area contributed by atoms with Crippen molar-refractivity contribution in [2.45, 2.75) is 6.10 Å². The van der Waals surface area contributed by atoms with Gasteiger partial charge in [0.05, 0.1) is 6.10 Å². The monoisotopic (exact) mass is 303 g/mol. The molecule has 1 unspecified atom stereocenters. The summed E-state index contributed by atoms with van der Waals surface area (Å²) in [5.74, 6) is -0.159. The van der Waals surface area contributed by atoms with E-state index >= 15 is 0 Å². The molecule has 0 aromatic heterocycles. The van der Waals surface area contributed by atoms with Crippen LogP contribution in [0.15, 0.2) is 54.6 Å². The van der Waals surface area contributed by atoms with Crippen molar-refractivity contribution in [3.05, 3.63) is 66.0 Å². The first-order valence-electron chi connectivity index (χ1n) is 6.92. The van der Waals surface area contributed by atoms with Crippen LogP contribution in [-0.4, -0.2) is 26.2 Å². The number of hydrogen-bond acceptors (Lipinski definition) is 3. The quantitative estimate of drug-likeness (QED) is 0.855. The van der Waals surface area contributed by atoms with Crippen LogP contribution in [0.2, 0.25) is 0 Å². The second kappa shape index (κ2) is 8.14. The maximum absolute atomic E-state index is 12.7. The number of benzene rings is 2. The zero-order valence-corrected chi connectivity index (χ0v) is 12.3. The summed E-state index contributed by atoms with van der Waals surface area (Å²) in [6, 6.07) is 15.2. The van der Waals surface area contributed by atoms with Gasteiger partial charge in [-0.05, 0) is 29.8 Å². The first kappa shape index (κ1) is 16.0. The largest absolute Gasteiger partial charge is 0.484 e. The normalized spacial score (nSPS) is 11.7. The van der Waals surface area contributed by atoms with Crippen molar-refractivity contribution in [3.8, 4) is 5.75 Å². The molecule has 1 N–H and O–H groups in total. The molecule has 0 saturated heterocycles. The molecule has 2 aromatic rings. The lowest BCUT2D eigenvalue weighted by Crippen LogP contribution is -2.33. The molecule has 0 aliphatic carbocycles. The predicted octanol–water partition coefficient (Wildman–Crippen LogP) is 2.71. The molecule has 0 spiro atoms. The Labute approximate surface area is 128 Å². The Balaban J connectivity index is 1.78. The van der Waals surface area contributed by atoms with Gasteiger partial charge in [0.2, 0.25) is 0 Å².